The van der Waals surface area contributed by atoms with Crippen molar-refractivity contribution in [1.82, 2.24) is 19.6 Å². The second-order valence-electron chi connectivity index (χ2n) is 9.46. The molecule has 0 N–H and O–H groups in total. The molecule has 0 bridgehead atoms. The van der Waals surface area contributed by atoms with Crippen molar-refractivity contribution >= 4 is 27.7 Å². The van der Waals surface area contributed by atoms with Crippen molar-refractivity contribution in [3.05, 3.63) is 82.6 Å². The van der Waals surface area contributed by atoms with Gasteiger partial charge in [-0.25, -0.2) is 0 Å². The Morgan fingerprint density at radius 2 is 1.94 bits per heavy atom. The summed E-state index contributed by atoms with van der Waals surface area (Å²) in [6.45, 7) is 1.68. The molecule has 3 aromatic rings. The maximum absolute atomic E-state index is 13.2. The van der Waals surface area contributed by atoms with E-state index in [9.17, 15) is 9.59 Å². The maximum Gasteiger partial charge on any atom is 0.223 e. The zero-order chi connectivity index (χ0) is 25.5. The second kappa shape index (κ2) is 12.2. The molecule has 0 spiro atoms. The van der Waals surface area contributed by atoms with Gasteiger partial charge >= 0.3 is 0 Å². The van der Waals surface area contributed by atoms with Crippen molar-refractivity contribution in [2.45, 2.75) is 38.3 Å². The highest BCUT2D eigenvalue weighted by Gasteiger charge is 2.35. The first-order valence-electron chi connectivity index (χ1n) is 12.3. The predicted molar refractivity (Wildman–Crippen MR) is 142 cm³/mol. The number of aromatic nitrogens is 2. The molecule has 0 unspecified atom stereocenters. The lowest BCUT2D eigenvalue weighted by atomic mass is 9.90. The SMILES string of the molecule is CN(Cc1ccccc1)C(=O)C[C@H]1CN(C(=O)CCc2cnn(C)c2)CC[C@@H]1Oc1cccc(Br)c1. The Balaban J connectivity index is 1.42. The van der Waals surface area contributed by atoms with E-state index in [1.165, 1.54) is 0 Å². The molecule has 2 atom stereocenters. The van der Waals surface area contributed by atoms with Crippen molar-refractivity contribution < 1.29 is 14.3 Å². The molecule has 1 aliphatic rings. The van der Waals surface area contributed by atoms with Crippen LogP contribution >= 0.6 is 15.9 Å². The molecule has 1 aromatic heterocycles. The fraction of sp³-hybridized carbons (Fsp3) is 0.393. The first-order chi connectivity index (χ1) is 17.4. The lowest BCUT2D eigenvalue weighted by Crippen LogP contribution is -2.49. The van der Waals surface area contributed by atoms with E-state index in [4.69, 9.17) is 4.74 Å². The number of amides is 2. The molecule has 0 aliphatic carbocycles. The molecule has 4 rings (SSSR count). The lowest BCUT2D eigenvalue weighted by molar-refractivity contribution is -0.138. The van der Waals surface area contributed by atoms with E-state index in [1.54, 1.807) is 15.8 Å². The van der Waals surface area contributed by atoms with Crippen LogP contribution in [0.2, 0.25) is 0 Å². The minimum atomic E-state index is -0.143. The molecule has 8 heteroatoms. The fourth-order valence-corrected chi connectivity index (χ4v) is 5.02. The standard InChI is InChI=1S/C28H33BrN4O3/c1-31(18-21-7-4-3-5-8-21)28(35)15-23-20-33(27(34)12-11-22-17-30-32(2)19-22)14-13-26(23)36-25-10-6-9-24(29)16-25/h3-10,16-17,19,23,26H,11-15,18,20H2,1-2H3/t23-,26-/m0/s1. The largest absolute Gasteiger partial charge is 0.490 e. The van der Waals surface area contributed by atoms with Crippen LogP contribution in [0.1, 0.15) is 30.4 Å². The van der Waals surface area contributed by atoms with Crippen LogP contribution in [0.5, 0.6) is 5.75 Å². The van der Waals surface area contributed by atoms with Crippen LogP contribution in [-0.2, 0) is 29.6 Å². The number of aryl methyl sites for hydroxylation is 2. The van der Waals surface area contributed by atoms with Crippen molar-refractivity contribution in [3.63, 3.8) is 0 Å². The predicted octanol–water partition coefficient (Wildman–Crippen LogP) is 4.46. The second-order valence-corrected chi connectivity index (χ2v) is 10.4. The average molecular weight is 554 g/mol. The topological polar surface area (TPSA) is 67.7 Å². The van der Waals surface area contributed by atoms with Gasteiger partial charge in [0.15, 0.2) is 0 Å². The molecule has 2 amide bonds. The third-order valence-electron chi connectivity index (χ3n) is 6.61. The molecule has 2 aromatic carbocycles. The van der Waals surface area contributed by atoms with Crippen molar-refractivity contribution in [1.29, 1.82) is 0 Å². The first-order valence-corrected chi connectivity index (χ1v) is 13.1. The molecule has 190 valence electrons. The van der Waals surface area contributed by atoms with Crippen molar-refractivity contribution in [3.8, 4) is 5.75 Å². The molecule has 1 aliphatic heterocycles. The fourth-order valence-electron chi connectivity index (χ4n) is 4.64. The number of halogens is 1. The summed E-state index contributed by atoms with van der Waals surface area (Å²) in [7, 11) is 3.71. The van der Waals surface area contributed by atoms with Gasteiger partial charge in [-0.1, -0.05) is 52.3 Å². The Labute approximate surface area is 221 Å². The van der Waals surface area contributed by atoms with E-state index in [0.717, 1.165) is 21.3 Å². The Bertz CT molecular complexity index is 1170. The first kappa shape index (κ1) is 25.9. The zero-order valence-corrected chi connectivity index (χ0v) is 22.4. The van der Waals surface area contributed by atoms with Crippen LogP contribution in [0.25, 0.3) is 0 Å². The number of nitrogens with zero attached hydrogens (tertiary/aromatic N) is 4. The summed E-state index contributed by atoms with van der Waals surface area (Å²) < 4.78 is 9.05. The highest BCUT2D eigenvalue weighted by molar-refractivity contribution is 9.10. The summed E-state index contributed by atoms with van der Waals surface area (Å²) in [5.74, 6) is 0.831. The number of hydrogen-bond acceptors (Lipinski definition) is 4. The van der Waals surface area contributed by atoms with E-state index in [-0.39, 0.29) is 23.8 Å². The van der Waals surface area contributed by atoms with Gasteiger partial charge in [0.05, 0.1) is 6.20 Å². The summed E-state index contributed by atoms with van der Waals surface area (Å²) >= 11 is 3.50. The molecular formula is C28H33BrN4O3. The van der Waals surface area contributed by atoms with E-state index in [1.807, 2.05) is 79.8 Å². The van der Waals surface area contributed by atoms with E-state index in [0.29, 0.717) is 45.3 Å². The van der Waals surface area contributed by atoms with Gasteiger partial charge in [-0.05, 0) is 35.7 Å². The monoisotopic (exact) mass is 552 g/mol. The highest BCUT2D eigenvalue weighted by atomic mass is 79.9. The van der Waals surface area contributed by atoms with Crippen molar-refractivity contribution in [2.75, 3.05) is 20.1 Å². The zero-order valence-electron chi connectivity index (χ0n) is 20.8. The van der Waals surface area contributed by atoms with E-state index in [2.05, 4.69) is 21.0 Å². The Morgan fingerprint density at radius 3 is 2.67 bits per heavy atom. The van der Waals surface area contributed by atoms with E-state index >= 15 is 0 Å². The van der Waals surface area contributed by atoms with Crippen LogP contribution in [0.4, 0.5) is 0 Å². The average Bonchev–Trinajstić information content (AvgIpc) is 3.29. The lowest BCUT2D eigenvalue weighted by Gasteiger charge is -2.39. The molecule has 1 fully saturated rings. The van der Waals surface area contributed by atoms with Gasteiger partial charge in [0.25, 0.3) is 0 Å². The third kappa shape index (κ3) is 7.20. The number of rotatable bonds is 9. The normalized spacial score (nSPS) is 17.6. The van der Waals surface area contributed by atoms with Gasteiger partial charge in [0.1, 0.15) is 11.9 Å². The van der Waals surface area contributed by atoms with Gasteiger partial charge < -0.3 is 14.5 Å². The Morgan fingerprint density at radius 1 is 1.14 bits per heavy atom. The quantitative estimate of drug-likeness (QED) is 0.393. The maximum atomic E-state index is 13.2. The van der Waals surface area contributed by atoms with Crippen LogP contribution in [-0.4, -0.2) is 57.6 Å². The van der Waals surface area contributed by atoms with E-state index < -0.39 is 0 Å². The summed E-state index contributed by atoms with van der Waals surface area (Å²) in [6, 6.07) is 17.7. The van der Waals surface area contributed by atoms with Crippen LogP contribution in [0, 0.1) is 5.92 Å². The molecular weight excluding hydrogens is 520 g/mol. The molecule has 2 heterocycles. The number of hydrogen-bond donors (Lipinski definition) is 0. The van der Waals surface area contributed by atoms with Gasteiger partial charge in [-0.15, -0.1) is 0 Å². The summed E-state index contributed by atoms with van der Waals surface area (Å²) in [4.78, 5) is 29.9. The number of ether oxygens (including phenoxy) is 1. The van der Waals surface area contributed by atoms with Gasteiger partial charge in [0.2, 0.25) is 11.8 Å². The molecule has 7 nitrogen and oxygen atoms in total. The summed E-state index contributed by atoms with van der Waals surface area (Å²) in [6.07, 6.45) is 5.70. The Kier molecular flexibility index (Phi) is 8.80. The Hall–Kier alpha value is -3.13. The minimum Gasteiger partial charge on any atom is -0.490 e. The molecule has 1 saturated heterocycles. The number of likely N-dealkylation sites (tertiary alicyclic amines) is 1. The third-order valence-corrected chi connectivity index (χ3v) is 7.10. The van der Waals surface area contributed by atoms with Gasteiger partial charge in [-0.2, -0.15) is 5.10 Å². The molecule has 36 heavy (non-hydrogen) atoms. The number of benzene rings is 2. The molecule has 0 saturated carbocycles. The van der Waals surface area contributed by atoms with Crippen molar-refractivity contribution in [2.24, 2.45) is 13.0 Å². The number of carbonyl (C=O) groups excluding carboxylic acids is 2. The summed E-state index contributed by atoms with van der Waals surface area (Å²) in [5, 5.41) is 4.18. The van der Waals surface area contributed by atoms with Crippen LogP contribution in [0.3, 0.4) is 0 Å². The molecule has 0 radical (unpaired) electrons. The highest BCUT2D eigenvalue weighted by Crippen LogP contribution is 2.28. The van der Waals surface area contributed by atoms with Crippen LogP contribution in [0.15, 0.2) is 71.5 Å². The minimum absolute atomic E-state index is 0.0522. The smallest absolute Gasteiger partial charge is 0.223 e. The van der Waals surface area contributed by atoms with Crippen LogP contribution < -0.4 is 4.74 Å². The van der Waals surface area contributed by atoms with Gasteiger partial charge in [-0.3, -0.25) is 14.3 Å². The van der Waals surface area contributed by atoms with Gasteiger partial charge in [0, 0.05) is 69.6 Å². The number of piperidine rings is 1. The summed E-state index contributed by atoms with van der Waals surface area (Å²) in [5.41, 5.74) is 2.14. The number of carbonyl (C=O) groups is 2.